The van der Waals surface area contributed by atoms with Gasteiger partial charge in [-0.15, -0.1) is 0 Å². The average Bonchev–Trinajstić information content (AvgIpc) is 2.26. The second kappa shape index (κ2) is 5.58. The van der Waals surface area contributed by atoms with Gasteiger partial charge in [-0.1, -0.05) is 6.92 Å². The SMILES string of the molecule is CCS(=O)CCn1cc(C(=O)O)c(=O)[nH]c1=O. The van der Waals surface area contributed by atoms with Crippen molar-refractivity contribution in [3.05, 3.63) is 32.6 Å². The zero-order valence-corrected chi connectivity index (χ0v) is 9.95. The van der Waals surface area contributed by atoms with Gasteiger partial charge in [-0.2, -0.15) is 0 Å². The number of aryl methyl sites for hydroxylation is 1. The molecule has 1 aromatic heterocycles. The average molecular weight is 260 g/mol. The van der Waals surface area contributed by atoms with Crippen molar-refractivity contribution in [2.24, 2.45) is 0 Å². The molecular formula is C9H12N2O5S. The Balaban J connectivity index is 3.04. The van der Waals surface area contributed by atoms with E-state index in [0.29, 0.717) is 5.75 Å². The summed E-state index contributed by atoms with van der Waals surface area (Å²) < 4.78 is 12.2. The van der Waals surface area contributed by atoms with Crippen LogP contribution in [0.4, 0.5) is 0 Å². The Bertz CT molecular complexity index is 559. The predicted octanol–water partition coefficient (Wildman–Crippen LogP) is -0.997. The lowest BCUT2D eigenvalue weighted by Gasteiger charge is -2.04. The van der Waals surface area contributed by atoms with Crippen molar-refractivity contribution in [2.75, 3.05) is 11.5 Å². The number of carbonyl (C=O) groups is 1. The summed E-state index contributed by atoms with van der Waals surface area (Å²) in [5.41, 5.74) is -2.14. The number of carboxylic acid groups (broad SMARTS) is 1. The van der Waals surface area contributed by atoms with Crippen LogP contribution in [-0.2, 0) is 17.3 Å². The molecule has 7 nitrogen and oxygen atoms in total. The lowest BCUT2D eigenvalue weighted by Crippen LogP contribution is -2.34. The van der Waals surface area contributed by atoms with E-state index < -0.39 is 33.6 Å². The summed E-state index contributed by atoms with van der Waals surface area (Å²) in [6, 6.07) is 0. The molecular weight excluding hydrogens is 248 g/mol. The number of nitrogens with zero attached hydrogens (tertiary/aromatic N) is 1. The molecule has 0 bridgehead atoms. The largest absolute Gasteiger partial charge is 0.477 e. The first-order valence-corrected chi connectivity index (χ1v) is 6.36. The molecule has 1 unspecified atom stereocenters. The van der Waals surface area contributed by atoms with E-state index in [1.54, 1.807) is 6.92 Å². The molecule has 0 amide bonds. The highest BCUT2D eigenvalue weighted by atomic mass is 32.2. The monoisotopic (exact) mass is 260 g/mol. The van der Waals surface area contributed by atoms with E-state index in [1.165, 1.54) is 0 Å². The summed E-state index contributed by atoms with van der Waals surface area (Å²) in [4.78, 5) is 35.0. The number of hydrogen-bond donors (Lipinski definition) is 2. The molecule has 2 N–H and O–H groups in total. The van der Waals surface area contributed by atoms with Gasteiger partial charge in [-0.25, -0.2) is 9.59 Å². The van der Waals surface area contributed by atoms with E-state index in [-0.39, 0.29) is 12.3 Å². The van der Waals surface area contributed by atoms with Crippen molar-refractivity contribution in [3.8, 4) is 0 Å². The molecule has 0 radical (unpaired) electrons. The highest BCUT2D eigenvalue weighted by Gasteiger charge is 2.11. The first kappa shape index (κ1) is 13.4. The highest BCUT2D eigenvalue weighted by molar-refractivity contribution is 7.84. The lowest BCUT2D eigenvalue weighted by molar-refractivity contribution is 0.0693. The Morgan fingerprint density at radius 1 is 1.53 bits per heavy atom. The topological polar surface area (TPSA) is 109 Å². The van der Waals surface area contributed by atoms with Crippen molar-refractivity contribution in [1.82, 2.24) is 9.55 Å². The van der Waals surface area contributed by atoms with Crippen molar-refractivity contribution in [1.29, 1.82) is 0 Å². The fourth-order valence-electron chi connectivity index (χ4n) is 1.17. The normalized spacial score (nSPS) is 12.3. The Morgan fingerprint density at radius 2 is 2.18 bits per heavy atom. The number of hydrogen-bond acceptors (Lipinski definition) is 4. The van der Waals surface area contributed by atoms with Gasteiger partial charge in [0.2, 0.25) is 0 Å². The van der Waals surface area contributed by atoms with Crippen LogP contribution in [0.25, 0.3) is 0 Å². The zero-order valence-electron chi connectivity index (χ0n) is 9.13. The minimum absolute atomic E-state index is 0.107. The van der Waals surface area contributed by atoms with Crippen LogP contribution in [0.1, 0.15) is 17.3 Å². The van der Waals surface area contributed by atoms with Crippen molar-refractivity contribution in [3.63, 3.8) is 0 Å². The van der Waals surface area contributed by atoms with Gasteiger partial charge in [0.25, 0.3) is 5.56 Å². The summed E-state index contributed by atoms with van der Waals surface area (Å²) in [7, 11) is -1.06. The number of H-pyrrole nitrogens is 1. The third kappa shape index (κ3) is 3.38. The van der Waals surface area contributed by atoms with Crippen molar-refractivity contribution in [2.45, 2.75) is 13.5 Å². The van der Waals surface area contributed by atoms with Gasteiger partial charge < -0.3 is 5.11 Å². The minimum atomic E-state index is -1.41. The Kier molecular flexibility index (Phi) is 4.38. The zero-order chi connectivity index (χ0) is 13.0. The van der Waals surface area contributed by atoms with Crippen LogP contribution < -0.4 is 11.2 Å². The van der Waals surface area contributed by atoms with E-state index in [4.69, 9.17) is 5.11 Å². The second-order valence-electron chi connectivity index (χ2n) is 3.23. The van der Waals surface area contributed by atoms with Gasteiger partial charge >= 0.3 is 11.7 Å². The van der Waals surface area contributed by atoms with Gasteiger partial charge in [0.15, 0.2) is 0 Å². The molecule has 1 heterocycles. The van der Waals surface area contributed by atoms with Gasteiger partial charge in [0.1, 0.15) is 5.56 Å². The smallest absolute Gasteiger partial charge is 0.342 e. The van der Waals surface area contributed by atoms with Gasteiger partial charge in [0, 0.05) is 35.0 Å². The van der Waals surface area contributed by atoms with E-state index >= 15 is 0 Å². The maximum absolute atomic E-state index is 11.3. The number of nitrogens with one attached hydrogen (secondary N) is 1. The van der Waals surface area contributed by atoms with Crippen LogP contribution in [0, 0.1) is 0 Å². The Hall–Kier alpha value is -1.70. The number of aromatic amines is 1. The standard InChI is InChI=1S/C9H12N2O5S/c1-2-17(16)4-3-11-5-6(8(13)14)7(12)10-9(11)15/h5H,2-4H2,1H3,(H,13,14)(H,10,12,15). The van der Waals surface area contributed by atoms with Crippen LogP contribution in [-0.4, -0.2) is 36.3 Å². The molecule has 0 aliphatic rings. The van der Waals surface area contributed by atoms with Crippen LogP contribution >= 0.6 is 0 Å². The number of aromatic nitrogens is 2. The van der Waals surface area contributed by atoms with Gasteiger partial charge in [-0.3, -0.25) is 18.6 Å². The molecule has 8 heteroatoms. The second-order valence-corrected chi connectivity index (χ2v) is 5.10. The first-order chi connectivity index (χ1) is 7.95. The van der Waals surface area contributed by atoms with Crippen molar-refractivity contribution < 1.29 is 14.1 Å². The fraction of sp³-hybridized carbons (Fsp3) is 0.444. The summed E-state index contributed by atoms with van der Waals surface area (Å²) in [6.45, 7) is 1.85. The van der Waals surface area contributed by atoms with Crippen LogP contribution in [0.5, 0.6) is 0 Å². The van der Waals surface area contributed by atoms with Gasteiger partial charge in [-0.05, 0) is 0 Å². The van der Waals surface area contributed by atoms with Crippen LogP contribution in [0.15, 0.2) is 15.8 Å². The molecule has 94 valence electrons. The highest BCUT2D eigenvalue weighted by Crippen LogP contribution is 1.90. The minimum Gasteiger partial charge on any atom is -0.477 e. The molecule has 0 fully saturated rings. The van der Waals surface area contributed by atoms with Crippen LogP contribution in [0.2, 0.25) is 0 Å². The quantitative estimate of drug-likeness (QED) is 0.706. The van der Waals surface area contributed by atoms with E-state index in [9.17, 15) is 18.6 Å². The molecule has 0 aromatic carbocycles. The van der Waals surface area contributed by atoms with Crippen LogP contribution in [0.3, 0.4) is 0 Å². The number of aromatic carboxylic acids is 1. The molecule has 0 aliphatic carbocycles. The summed E-state index contributed by atoms with van der Waals surface area (Å²) in [5.74, 6) is -0.706. The molecule has 1 rings (SSSR count). The Morgan fingerprint density at radius 3 is 2.71 bits per heavy atom. The molecule has 1 aromatic rings. The summed E-state index contributed by atoms with van der Waals surface area (Å²) in [6.07, 6.45) is 0.969. The molecule has 0 spiro atoms. The lowest BCUT2D eigenvalue weighted by atomic mass is 10.3. The third-order valence-corrected chi connectivity index (χ3v) is 3.40. The van der Waals surface area contributed by atoms with E-state index in [2.05, 4.69) is 0 Å². The molecule has 0 saturated heterocycles. The third-order valence-electron chi connectivity index (χ3n) is 2.12. The fourth-order valence-corrected chi connectivity index (χ4v) is 1.86. The van der Waals surface area contributed by atoms with Gasteiger partial charge in [0.05, 0.1) is 0 Å². The maximum Gasteiger partial charge on any atom is 0.342 e. The van der Waals surface area contributed by atoms with E-state index in [1.807, 2.05) is 4.98 Å². The predicted molar refractivity (Wildman–Crippen MR) is 61.8 cm³/mol. The number of carboxylic acids is 1. The van der Waals surface area contributed by atoms with Crippen molar-refractivity contribution >= 4 is 16.8 Å². The molecule has 1 atom stereocenters. The summed E-state index contributed by atoms with van der Waals surface area (Å²) in [5, 5.41) is 8.71. The summed E-state index contributed by atoms with van der Waals surface area (Å²) >= 11 is 0. The molecule has 17 heavy (non-hydrogen) atoms. The molecule has 0 aliphatic heterocycles. The first-order valence-electron chi connectivity index (χ1n) is 4.87. The number of rotatable bonds is 5. The Labute approximate surface area is 98.6 Å². The van der Waals surface area contributed by atoms with E-state index in [0.717, 1.165) is 10.8 Å². The maximum atomic E-state index is 11.3. The molecule has 0 saturated carbocycles.